The molecule has 0 aliphatic rings. The third kappa shape index (κ3) is 3.75. The Hall–Kier alpha value is -2.96. The number of esters is 1. The van der Waals surface area contributed by atoms with Crippen LogP contribution in [0.1, 0.15) is 17.3 Å². The van der Waals surface area contributed by atoms with Crippen LogP contribution in [-0.2, 0) is 9.53 Å². The summed E-state index contributed by atoms with van der Waals surface area (Å²) >= 11 is 0. The molecule has 0 unspecified atom stereocenters. The molecule has 0 aliphatic heterocycles. The molecular weight excluding hydrogens is 272 g/mol. The van der Waals surface area contributed by atoms with Crippen LogP contribution in [0.2, 0.25) is 0 Å². The van der Waals surface area contributed by atoms with E-state index in [2.05, 4.69) is 20.8 Å². The number of benzene rings is 1. The minimum atomic E-state index is -0.444. The number of ether oxygens (including phenoxy) is 1. The predicted molar refractivity (Wildman–Crippen MR) is 77.4 cm³/mol. The van der Waals surface area contributed by atoms with Crippen LogP contribution >= 0.6 is 0 Å². The molecule has 7 nitrogen and oxygen atoms in total. The zero-order valence-corrected chi connectivity index (χ0v) is 11.6. The van der Waals surface area contributed by atoms with Crippen molar-refractivity contribution in [2.75, 3.05) is 17.7 Å². The van der Waals surface area contributed by atoms with Crippen molar-refractivity contribution in [2.45, 2.75) is 6.92 Å². The van der Waals surface area contributed by atoms with E-state index in [1.165, 1.54) is 14.0 Å². The Balaban J connectivity index is 2.18. The molecule has 0 atom stereocenters. The number of hydrogen-bond donors (Lipinski definition) is 2. The molecule has 1 heterocycles. The highest BCUT2D eigenvalue weighted by atomic mass is 16.5. The Morgan fingerprint density at radius 3 is 2.33 bits per heavy atom. The number of carbonyl (C=O) groups excluding carboxylic acids is 2. The Morgan fingerprint density at radius 1 is 1.05 bits per heavy atom. The summed E-state index contributed by atoms with van der Waals surface area (Å²) in [5.41, 5.74) is 0.957. The first-order valence-corrected chi connectivity index (χ1v) is 6.16. The fraction of sp³-hybridized carbons (Fsp3) is 0.143. The summed E-state index contributed by atoms with van der Waals surface area (Å²) in [6.45, 7) is 1.39. The lowest BCUT2D eigenvalue weighted by atomic mass is 10.2. The number of methoxy groups -OCH3 is 1. The predicted octanol–water partition coefficient (Wildman–Crippen LogP) is 1.97. The number of para-hydroxylation sites is 1. The average molecular weight is 286 g/mol. The van der Waals surface area contributed by atoms with Gasteiger partial charge >= 0.3 is 5.97 Å². The van der Waals surface area contributed by atoms with Gasteiger partial charge in [0.25, 0.3) is 0 Å². The van der Waals surface area contributed by atoms with E-state index in [0.29, 0.717) is 22.9 Å². The van der Waals surface area contributed by atoms with Gasteiger partial charge < -0.3 is 15.4 Å². The summed E-state index contributed by atoms with van der Waals surface area (Å²) < 4.78 is 4.72. The van der Waals surface area contributed by atoms with Crippen molar-refractivity contribution in [1.82, 2.24) is 10.2 Å². The molecule has 0 saturated carbocycles. The first-order valence-electron chi connectivity index (χ1n) is 6.16. The van der Waals surface area contributed by atoms with E-state index in [0.717, 1.165) is 0 Å². The Bertz CT molecular complexity index is 656. The number of nitrogens with one attached hydrogen (secondary N) is 2. The van der Waals surface area contributed by atoms with Crippen LogP contribution in [0.15, 0.2) is 36.4 Å². The first-order chi connectivity index (χ1) is 10.1. The van der Waals surface area contributed by atoms with Crippen molar-refractivity contribution in [3.8, 4) is 0 Å². The zero-order valence-electron chi connectivity index (χ0n) is 11.6. The monoisotopic (exact) mass is 286 g/mol. The SMILES string of the molecule is COC(=O)c1ccccc1Nc1ccc(NC(C)=O)nn1. The lowest BCUT2D eigenvalue weighted by Gasteiger charge is -2.09. The van der Waals surface area contributed by atoms with E-state index in [1.807, 2.05) is 0 Å². The lowest BCUT2D eigenvalue weighted by molar-refractivity contribution is -0.114. The minimum Gasteiger partial charge on any atom is -0.465 e. The second-order valence-corrected chi connectivity index (χ2v) is 4.15. The van der Waals surface area contributed by atoms with E-state index >= 15 is 0 Å². The van der Waals surface area contributed by atoms with Gasteiger partial charge in [-0.2, -0.15) is 0 Å². The number of aromatic nitrogens is 2. The first kappa shape index (κ1) is 14.4. The highest BCUT2D eigenvalue weighted by molar-refractivity contribution is 5.96. The van der Waals surface area contributed by atoms with Crippen molar-refractivity contribution >= 4 is 29.2 Å². The molecule has 0 spiro atoms. The molecular formula is C14H14N4O3. The van der Waals surface area contributed by atoms with Gasteiger partial charge in [-0.1, -0.05) is 12.1 Å². The molecule has 1 amide bonds. The average Bonchev–Trinajstić information content (AvgIpc) is 2.48. The van der Waals surface area contributed by atoms with E-state index in [-0.39, 0.29) is 5.91 Å². The molecule has 0 radical (unpaired) electrons. The third-order valence-corrected chi connectivity index (χ3v) is 2.56. The maximum atomic E-state index is 11.7. The molecule has 0 aliphatic carbocycles. The normalized spacial score (nSPS) is 9.81. The van der Waals surface area contributed by atoms with Gasteiger partial charge in [0.05, 0.1) is 18.4 Å². The Kier molecular flexibility index (Phi) is 4.45. The smallest absolute Gasteiger partial charge is 0.339 e. The molecule has 1 aromatic heterocycles. The highest BCUT2D eigenvalue weighted by Crippen LogP contribution is 2.20. The third-order valence-electron chi connectivity index (χ3n) is 2.56. The van der Waals surface area contributed by atoms with Crippen LogP contribution in [0, 0.1) is 0 Å². The van der Waals surface area contributed by atoms with Gasteiger partial charge in [0.1, 0.15) is 0 Å². The number of hydrogen-bond acceptors (Lipinski definition) is 6. The summed E-state index contributed by atoms with van der Waals surface area (Å²) in [5, 5.41) is 13.3. The van der Waals surface area contributed by atoms with Crippen LogP contribution in [0.4, 0.5) is 17.3 Å². The standard InChI is InChI=1S/C14H14N4O3/c1-9(19)15-12-7-8-13(18-17-12)16-11-6-4-3-5-10(11)14(20)21-2/h3-8H,1-2H3,(H,16,18)(H,15,17,19). The molecule has 2 N–H and O–H groups in total. The number of rotatable bonds is 4. The molecule has 2 rings (SSSR count). The van der Waals surface area contributed by atoms with Crippen LogP contribution in [0.25, 0.3) is 0 Å². The van der Waals surface area contributed by atoms with Crippen molar-refractivity contribution in [2.24, 2.45) is 0 Å². The molecule has 2 aromatic rings. The van der Waals surface area contributed by atoms with Gasteiger partial charge in [0.2, 0.25) is 5.91 Å². The summed E-state index contributed by atoms with van der Waals surface area (Å²) in [5.74, 6) is 0.136. The molecule has 1 aromatic carbocycles. The van der Waals surface area contributed by atoms with E-state index in [1.54, 1.807) is 36.4 Å². The van der Waals surface area contributed by atoms with E-state index in [9.17, 15) is 9.59 Å². The van der Waals surface area contributed by atoms with Gasteiger partial charge in [-0.05, 0) is 24.3 Å². The summed E-state index contributed by atoms with van der Waals surface area (Å²) in [4.78, 5) is 22.6. The molecule has 108 valence electrons. The van der Waals surface area contributed by atoms with Crippen molar-refractivity contribution < 1.29 is 14.3 Å². The van der Waals surface area contributed by atoms with Crippen LogP contribution in [-0.4, -0.2) is 29.2 Å². The van der Waals surface area contributed by atoms with Crippen LogP contribution < -0.4 is 10.6 Å². The summed E-state index contributed by atoms with van der Waals surface area (Å²) in [6, 6.07) is 10.2. The molecule has 0 bridgehead atoms. The number of anilines is 3. The second-order valence-electron chi connectivity index (χ2n) is 4.15. The topological polar surface area (TPSA) is 93.2 Å². The molecule has 21 heavy (non-hydrogen) atoms. The number of amides is 1. The van der Waals surface area contributed by atoms with Crippen molar-refractivity contribution in [3.05, 3.63) is 42.0 Å². The number of carbonyl (C=O) groups is 2. The largest absolute Gasteiger partial charge is 0.465 e. The van der Waals surface area contributed by atoms with Crippen LogP contribution in [0.3, 0.4) is 0 Å². The Morgan fingerprint density at radius 2 is 1.71 bits per heavy atom. The van der Waals surface area contributed by atoms with Crippen molar-refractivity contribution in [3.63, 3.8) is 0 Å². The molecule has 0 fully saturated rings. The summed E-state index contributed by atoms with van der Waals surface area (Å²) in [7, 11) is 1.32. The molecule has 7 heteroatoms. The van der Waals surface area contributed by atoms with Crippen molar-refractivity contribution in [1.29, 1.82) is 0 Å². The fourth-order valence-electron chi connectivity index (χ4n) is 1.66. The van der Waals surface area contributed by atoms with Crippen LogP contribution in [0.5, 0.6) is 0 Å². The quantitative estimate of drug-likeness (QED) is 0.835. The molecule has 0 saturated heterocycles. The van der Waals surface area contributed by atoms with Gasteiger partial charge in [0.15, 0.2) is 11.6 Å². The second kappa shape index (κ2) is 6.47. The van der Waals surface area contributed by atoms with Gasteiger partial charge in [-0.15, -0.1) is 10.2 Å². The maximum Gasteiger partial charge on any atom is 0.339 e. The summed E-state index contributed by atoms with van der Waals surface area (Å²) in [6.07, 6.45) is 0. The van der Waals surface area contributed by atoms with E-state index < -0.39 is 5.97 Å². The lowest BCUT2D eigenvalue weighted by Crippen LogP contribution is -2.09. The zero-order chi connectivity index (χ0) is 15.2. The fourth-order valence-corrected chi connectivity index (χ4v) is 1.66. The minimum absolute atomic E-state index is 0.221. The number of nitrogens with zero attached hydrogens (tertiary/aromatic N) is 2. The van der Waals surface area contributed by atoms with Gasteiger partial charge in [-0.25, -0.2) is 4.79 Å². The highest BCUT2D eigenvalue weighted by Gasteiger charge is 2.11. The Labute approximate surface area is 121 Å². The van der Waals surface area contributed by atoms with Gasteiger partial charge in [0, 0.05) is 6.92 Å². The maximum absolute atomic E-state index is 11.7. The van der Waals surface area contributed by atoms with Gasteiger partial charge in [-0.3, -0.25) is 4.79 Å². The van der Waals surface area contributed by atoms with E-state index in [4.69, 9.17) is 4.74 Å².